The molecule has 0 aromatic carbocycles. The highest BCUT2D eigenvalue weighted by atomic mass is 16.3. The zero-order valence-corrected chi connectivity index (χ0v) is 14.9. The van der Waals surface area contributed by atoms with Crippen LogP contribution in [0.25, 0.3) is 0 Å². The minimum atomic E-state index is -0.404. The summed E-state index contributed by atoms with van der Waals surface area (Å²) >= 11 is 0. The van der Waals surface area contributed by atoms with Crippen molar-refractivity contribution in [3.05, 3.63) is 12.2 Å². The first kappa shape index (κ1) is 25.9. The third kappa shape index (κ3) is 27.4. The second-order valence-corrected chi connectivity index (χ2v) is 5.56. The van der Waals surface area contributed by atoms with E-state index in [0.29, 0.717) is 6.42 Å². The van der Waals surface area contributed by atoms with Gasteiger partial charge in [0.25, 0.3) is 0 Å². The summed E-state index contributed by atoms with van der Waals surface area (Å²) in [7, 11) is 0. The van der Waals surface area contributed by atoms with E-state index in [2.05, 4.69) is 13.8 Å². The number of ketones is 2. The lowest BCUT2D eigenvalue weighted by Gasteiger charge is -2.06. The summed E-state index contributed by atoms with van der Waals surface area (Å²) in [6, 6.07) is 0. The van der Waals surface area contributed by atoms with Gasteiger partial charge in [-0.1, -0.05) is 52.0 Å². The molecule has 0 spiro atoms. The lowest BCUT2D eigenvalue weighted by Crippen LogP contribution is -2.10. The Labute approximate surface area is 136 Å². The van der Waals surface area contributed by atoms with E-state index < -0.39 is 6.10 Å². The Morgan fingerprint density at radius 3 is 2.00 bits per heavy atom. The fraction of sp³-hybridized carbons (Fsp3) is 0.778. The number of aliphatic hydroxyl groups is 1. The Balaban J connectivity index is -0.000000315. The highest BCUT2D eigenvalue weighted by Crippen LogP contribution is 2.06. The number of hydrogen-bond acceptors (Lipinski definition) is 3. The number of aliphatic hydroxyl groups excluding tert-OH is 1. The van der Waals surface area contributed by atoms with Crippen LogP contribution in [0.5, 0.6) is 0 Å². The Bertz CT molecular complexity index is 285. The SMILES string of the molecule is CCCCC/C=C/C(C)=O.CCCCC[C@H](O)CC(C)=O.O. The third-order valence-corrected chi connectivity index (χ3v) is 2.99. The molecule has 22 heavy (non-hydrogen) atoms. The molecule has 0 radical (unpaired) electrons. The van der Waals surface area contributed by atoms with Gasteiger partial charge in [-0.05, 0) is 39.2 Å². The Hall–Kier alpha value is -1.00. The monoisotopic (exact) mass is 316 g/mol. The molecular formula is C18H36O4. The summed E-state index contributed by atoms with van der Waals surface area (Å²) in [5.41, 5.74) is 0. The van der Waals surface area contributed by atoms with Gasteiger partial charge in [0.15, 0.2) is 5.78 Å². The molecule has 0 amide bonds. The van der Waals surface area contributed by atoms with Gasteiger partial charge < -0.3 is 10.6 Å². The Morgan fingerprint density at radius 1 is 1.00 bits per heavy atom. The van der Waals surface area contributed by atoms with Crippen molar-refractivity contribution in [1.29, 1.82) is 0 Å². The Morgan fingerprint density at radius 2 is 1.55 bits per heavy atom. The zero-order chi connectivity index (χ0) is 16.5. The van der Waals surface area contributed by atoms with Gasteiger partial charge in [0.05, 0.1) is 6.10 Å². The van der Waals surface area contributed by atoms with Gasteiger partial charge in [-0.15, -0.1) is 0 Å². The molecule has 132 valence electrons. The fourth-order valence-electron chi connectivity index (χ4n) is 1.83. The number of allylic oxidation sites excluding steroid dienone is 2. The first-order valence-corrected chi connectivity index (χ1v) is 8.28. The van der Waals surface area contributed by atoms with Gasteiger partial charge in [-0.3, -0.25) is 9.59 Å². The van der Waals surface area contributed by atoms with Crippen LogP contribution in [0, 0.1) is 0 Å². The summed E-state index contributed by atoms with van der Waals surface area (Å²) in [6.07, 6.45) is 12.4. The van der Waals surface area contributed by atoms with Gasteiger partial charge in [0, 0.05) is 6.42 Å². The van der Waals surface area contributed by atoms with Crippen LogP contribution >= 0.6 is 0 Å². The van der Waals surface area contributed by atoms with Gasteiger partial charge in [0.1, 0.15) is 5.78 Å². The molecule has 0 aromatic heterocycles. The second kappa shape index (κ2) is 20.0. The van der Waals surface area contributed by atoms with Crippen molar-refractivity contribution in [2.45, 2.75) is 91.6 Å². The molecule has 0 saturated heterocycles. The van der Waals surface area contributed by atoms with Crippen molar-refractivity contribution in [1.82, 2.24) is 0 Å². The van der Waals surface area contributed by atoms with E-state index in [1.165, 1.54) is 26.2 Å². The van der Waals surface area contributed by atoms with Gasteiger partial charge in [-0.2, -0.15) is 0 Å². The molecule has 0 heterocycles. The second-order valence-electron chi connectivity index (χ2n) is 5.56. The average molecular weight is 316 g/mol. The first-order chi connectivity index (χ1) is 9.93. The minimum absolute atomic E-state index is 0. The molecule has 0 unspecified atom stereocenters. The molecule has 0 saturated carbocycles. The zero-order valence-electron chi connectivity index (χ0n) is 14.9. The lowest BCUT2D eigenvalue weighted by atomic mass is 10.1. The molecule has 1 atom stereocenters. The number of rotatable bonds is 11. The van der Waals surface area contributed by atoms with Crippen molar-refractivity contribution in [2.24, 2.45) is 0 Å². The van der Waals surface area contributed by atoms with Crippen LogP contribution in [-0.4, -0.2) is 28.3 Å². The molecule has 4 heteroatoms. The predicted molar refractivity (Wildman–Crippen MR) is 93.0 cm³/mol. The minimum Gasteiger partial charge on any atom is -0.412 e. The maximum Gasteiger partial charge on any atom is 0.152 e. The number of carbonyl (C=O) groups is 2. The van der Waals surface area contributed by atoms with Crippen LogP contribution in [0.2, 0.25) is 0 Å². The van der Waals surface area contributed by atoms with E-state index in [1.54, 1.807) is 13.0 Å². The standard InChI is InChI=1S/C9H18O2.C9H16O.H2O/c1-3-4-5-6-9(11)7-8(2)10;1-3-4-5-6-7-8-9(2)10;/h9,11H,3-7H2,1-2H3;7-8H,3-6H2,1-2H3;1H2/b;8-7+;/t9-;;/m0../s1. The summed E-state index contributed by atoms with van der Waals surface area (Å²) in [6.45, 7) is 7.39. The smallest absolute Gasteiger partial charge is 0.152 e. The van der Waals surface area contributed by atoms with Crippen LogP contribution in [0.3, 0.4) is 0 Å². The first-order valence-electron chi connectivity index (χ1n) is 8.28. The van der Waals surface area contributed by atoms with E-state index in [0.717, 1.165) is 32.1 Å². The molecule has 0 rings (SSSR count). The van der Waals surface area contributed by atoms with Crippen LogP contribution in [0.4, 0.5) is 0 Å². The lowest BCUT2D eigenvalue weighted by molar-refractivity contribution is -0.119. The molecule has 4 nitrogen and oxygen atoms in total. The van der Waals surface area contributed by atoms with Crippen LogP contribution in [0.1, 0.15) is 85.5 Å². The molecule has 0 fully saturated rings. The quantitative estimate of drug-likeness (QED) is 0.464. The average Bonchev–Trinajstić information content (AvgIpc) is 2.38. The third-order valence-electron chi connectivity index (χ3n) is 2.99. The number of hydrogen-bond donors (Lipinski definition) is 1. The van der Waals surface area contributed by atoms with E-state index in [9.17, 15) is 14.7 Å². The summed E-state index contributed by atoms with van der Waals surface area (Å²) < 4.78 is 0. The molecular weight excluding hydrogens is 280 g/mol. The van der Waals surface area contributed by atoms with E-state index in [4.69, 9.17) is 0 Å². The maximum absolute atomic E-state index is 10.5. The normalized spacial score (nSPS) is 11.3. The number of Topliss-reactive ketones (excluding diaryl/α,β-unsaturated/α-hetero) is 1. The van der Waals surface area contributed by atoms with Crippen LogP contribution < -0.4 is 0 Å². The molecule has 0 aliphatic rings. The molecule has 0 bridgehead atoms. The summed E-state index contributed by atoms with van der Waals surface area (Å²) in [4.78, 5) is 20.9. The van der Waals surface area contributed by atoms with E-state index >= 15 is 0 Å². The van der Waals surface area contributed by atoms with Crippen LogP contribution in [0.15, 0.2) is 12.2 Å². The fourth-order valence-corrected chi connectivity index (χ4v) is 1.83. The predicted octanol–water partition coefficient (Wildman–Crippen LogP) is 3.79. The molecule has 0 aliphatic heterocycles. The topological polar surface area (TPSA) is 85.9 Å². The van der Waals surface area contributed by atoms with Gasteiger partial charge in [-0.25, -0.2) is 0 Å². The Kier molecular flexibility index (Phi) is 23.6. The summed E-state index contributed by atoms with van der Waals surface area (Å²) in [5, 5.41) is 9.23. The highest BCUT2D eigenvalue weighted by Gasteiger charge is 2.05. The molecule has 3 N–H and O–H groups in total. The van der Waals surface area contributed by atoms with Crippen molar-refractivity contribution >= 4 is 11.6 Å². The summed E-state index contributed by atoms with van der Waals surface area (Å²) in [5.74, 6) is 0.227. The maximum atomic E-state index is 10.5. The van der Waals surface area contributed by atoms with Gasteiger partial charge >= 0.3 is 0 Å². The van der Waals surface area contributed by atoms with Crippen LogP contribution in [-0.2, 0) is 9.59 Å². The van der Waals surface area contributed by atoms with Crippen molar-refractivity contribution in [3.8, 4) is 0 Å². The molecule has 0 aromatic rings. The van der Waals surface area contributed by atoms with Gasteiger partial charge in [0.2, 0.25) is 0 Å². The van der Waals surface area contributed by atoms with E-state index in [1.807, 2.05) is 6.08 Å². The highest BCUT2D eigenvalue weighted by molar-refractivity contribution is 5.87. The van der Waals surface area contributed by atoms with E-state index in [-0.39, 0.29) is 17.0 Å². The number of carbonyl (C=O) groups excluding carboxylic acids is 2. The largest absolute Gasteiger partial charge is 0.412 e. The van der Waals surface area contributed by atoms with Crippen molar-refractivity contribution in [2.75, 3.05) is 0 Å². The van der Waals surface area contributed by atoms with Crippen molar-refractivity contribution < 1.29 is 20.2 Å². The van der Waals surface area contributed by atoms with Crippen molar-refractivity contribution in [3.63, 3.8) is 0 Å². The number of unbranched alkanes of at least 4 members (excludes halogenated alkanes) is 5. The molecule has 0 aliphatic carbocycles.